The molecule has 0 radical (unpaired) electrons. The molecule has 0 aromatic carbocycles. The van der Waals surface area contributed by atoms with Crippen molar-refractivity contribution in [3.8, 4) is 0 Å². The molecule has 0 aromatic heterocycles. The number of carbonyl (C=O) groups is 1. The summed E-state index contributed by atoms with van der Waals surface area (Å²) in [7, 11) is 0. The first-order valence-corrected chi connectivity index (χ1v) is 6.80. The summed E-state index contributed by atoms with van der Waals surface area (Å²) in [5, 5.41) is 0. The molecule has 0 spiro atoms. The molecule has 0 amide bonds. The van der Waals surface area contributed by atoms with Crippen molar-refractivity contribution in [3.05, 3.63) is 12.2 Å². The van der Waals surface area contributed by atoms with E-state index >= 15 is 0 Å². The second-order valence-corrected chi connectivity index (χ2v) is 5.61. The third kappa shape index (κ3) is 8.78. The highest BCUT2D eigenvalue weighted by Gasteiger charge is 2.23. The third-order valence-corrected chi connectivity index (χ3v) is 2.70. The SMILES string of the molecule is C=C(C)C(=O)OCC(COC(C)C)OC(C)(C)CC. The van der Waals surface area contributed by atoms with E-state index in [0.717, 1.165) is 6.42 Å². The van der Waals surface area contributed by atoms with Gasteiger partial charge in [-0.05, 0) is 41.0 Å². The number of ether oxygens (including phenoxy) is 3. The van der Waals surface area contributed by atoms with Crippen molar-refractivity contribution in [2.45, 2.75) is 65.8 Å². The van der Waals surface area contributed by atoms with Crippen LogP contribution >= 0.6 is 0 Å². The van der Waals surface area contributed by atoms with Crippen LogP contribution in [0.2, 0.25) is 0 Å². The van der Waals surface area contributed by atoms with E-state index in [4.69, 9.17) is 14.2 Å². The van der Waals surface area contributed by atoms with Gasteiger partial charge in [-0.3, -0.25) is 0 Å². The zero-order valence-electron chi connectivity index (χ0n) is 13.1. The second kappa shape index (κ2) is 8.33. The molecular weight excluding hydrogens is 244 g/mol. The van der Waals surface area contributed by atoms with E-state index in [2.05, 4.69) is 13.5 Å². The maximum Gasteiger partial charge on any atom is 0.333 e. The number of hydrogen-bond acceptors (Lipinski definition) is 4. The van der Waals surface area contributed by atoms with E-state index in [1.54, 1.807) is 6.92 Å². The van der Waals surface area contributed by atoms with E-state index in [-0.39, 0.29) is 24.4 Å². The highest BCUT2D eigenvalue weighted by molar-refractivity contribution is 5.86. The van der Waals surface area contributed by atoms with Gasteiger partial charge in [0, 0.05) is 5.57 Å². The minimum atomic E-state index is -0.396. The van der Waals surface area contributed by atoms with Crippen LogP contribution in [-0.4, -0.2) is 37.0 Å². The molecule has 0 heterocycles. The zero-order chi connectivity index (χ0) is 15.1. The third-order valence-electron chi connectivity index (χ3n) is 2.70. The Morgan fingerprint density at radius 2 is 1.84 bits per heavy atom. The first-order valence-electron chi connectivity index (χ1n) is 6.80. The number of hydrogen-bond donors (Lipinski definition) is 0. The molecule has 0 aliphatic carbocycles. The number of esters is 1. The van der Waals surface area contributed by atoms with Crippen LogP contribution < -0.4 is 0 Å². The molecule has 0 saturated heterocycles. The highest BCUT2D eigenvalue weighted by Crippen LogP contribution is 2.17. The topological polar surface area (TPSA) is 44.8 Å². The fourth-order valence-electron chi connectivity index (χ4n) is 1.24. The average Bonchev–Trinajstić information content (AvgIpc) is 2.31. The minimum Gasteiger partial charge on any atom is -0.459 e. The molecule has 0 aliphatic heterocycles. The first kappa shape index (κ1) is 18.1. The van der Waals surface area contributed by atoms with Gasteiger partial charge in [-0.2, -0.15) is 0 Å². The molecule has 0 N–H and O–H groups in total. The summed E-state index contributed by atoms with van der Waals surface area (Å²) in [6.45, 7) is 15.8. The number of carbonyl (C=O) groups excluding carboxylic acids is 1. The molecule has 19 heavy (non-hydrogen) atoms. The van der Waals surface area contributed by atoms with Crippen molar-refractivity contribution in [1.82, 2.24) is 0 Å². The van der Waals surface area contributed by atoms with Gasteiger partial charge in [0.2, 0.25) is 0 Å². The summed E-state index contributed by atoms with van der Waals surface area (Å²) in [5.74, 6) is -0.396. The maximum atomic E-state index is 11.4. The molecule has 0 saturated carbocycles. The molecule has 0 bridgehead atoms. The summed E-state index contributed by atoms with van der Waals surface area (Å²) in [6.07, 6.45) is 0.730. The predicted molar refractivity (Wildman–Crippen MR) is 76.1 cm³/mol. The van der Waals surface area contributed by atoms with Gasteiger partial charge < -0.3 is 14.2 Å². The van der Waals surface area contributed by atoms with Gasteiger partial charge in [0.25, 0.3) is 0 Å². The largest absolute Gasteiger partial charge is 0.459 e. The average molecular weight is 272 g/mol. The molecule has 0 aliphatic rings. The Kier molecular flexibility index (Phi) is 7.95. The van der Waals surface area contributed by atoms with Crippen LogP contribution in [0.4, 0.5) is 0 Å². The van der Waals surface area contributed by atoms with Gasteiger partial charge in [0.05, 0.1) is 18.3 Å². The predicted octanol–water partition coefficient (Wildman–Crippen LogP) is 3.10. The van der Waals surface area contributed by atoms with Gasteiger partial charge in [0.15, 0.2) is 0 Å². The Morgan fingerprint density at radius 1 is 1.26 bits per heavy atom. The van der Waals surface area contributed by atoms with Crippen LogP contribution in [0.1, 0.15) is 48.0 Å². The normalized spacial score (nSPS) is 13.4. The lowest BCUT2D eigenvalue weighted by molar-refractivity contribution is -0.157. The van der Waals surface area contributed by atoms with Crippen molar-refractivity contribution in [2.75, 3.05) is 13.2 Å². The second-order valence-electron chi connectivity index (χ2n) is 5.61. The van der Waals surface area contributed by atoms with Gasteiger partial charge in [0.1, 0.15) is 12.7 Å². The Bertz CT molecular complexity index is 295. The molecule has 0 aromatic rings. The molecule has 1 atom stereocenters. The molecule has 1 unspecified atom stereocenters. The first-order chi connectivity index (χ1) is 8.68. The standard InChI is InChI=1S/C15H28O4/c1-8-15(6,7)19-13(9-17-12(4)5)10-18-14(16)11(2)3/h12-13H,2,8-10H2,1,3-7H3. The molecule has 0 fully saturated rings. The van der Waals surface area contributed by atoms with E-state index in [1.165, 1.54) is 0 Å². The fourth-order valence-corrected chi connectivity index (χ4v) is 1.24. The molecule has 4 heteroatoms. The van der Waals surface area contributed by atoms with Crippen LogP contribution in [-0.2, 0) is 19.0 Å². The van der Waals surface area contributed by atoms with Crippen molar-refractivity contribution in [1.29, 1.82) is 0 Å². The van der Waals surface area contributed by atoms with Gasteiger partial charge in [-0.25, -0.2) is 4.79 Å². The van der Waals surface area contributed by atoms with Crippen LogP contribution in [0.15, 0.2) is 12.2 Å². The summed E-state index contributed by atoms with van der Waals surface area (Å²) in [4.78, 5) is 11.4. The smallest absolute Gasteiger partial charge is 0.333 e. The van der Waals surface area contributed by atoms with E-state index in [0.29, 0.717) is 12.2 Å². The summed E-state index contributed by atoms with van der Waals surface area (Å²) in [5.41, 5.74) is 0.124. The Hall–Kier alpha value is -0.870. The Balaban J connectivity index is 4.41. The monoisotopic (exact) mass is 272 g/mol. The molecular formula is C15H28O4. The molecule has 0 rings (SSSR count). The molecule has 4 nitrogen and oxygen atoms in total. The van der Waals surface area contributed by atoms with Crippen LogP contribution in [0.3, 0.4) is 0 Å². The molecule has 112 valence electrons. The number of rotatable bonds is 9. The van der Waals surface area contributed by atoms with Gasteiger partial charge in [-0.15, -0.1) is 0 Å². The van der Waals surface area contributed by atoms with E-state index < -0.39 is 5.97 Å². The summed E-state index contributed by atoms with van der Waals surface area (Å²) < 4.78 is 16.6. The lowest BCUT2D eigenvalue weighted by Gasteiger charge is -2.30. The van der Waals surface area contributed by atoms with Crippen molar-refractivity contribution >= 4 is 5.97 Å². The van der Waals surface area contributed by atoms with Crippen LogP contribution in [0.25, 0.3) is 0 Å². The van der Waals surface area contributed by atoms with Crippen LogP contribution in [0, 0.1) is 0 Å². The van der Waals surface area contributed by atoms with Gasteiger partial charge in [-0.1, -0.05) is 13.5 Å². The van der Waals surface area contributed by atoms with Gasteiger partial charge >= 0.3 is 5.97 Å². The van der Waals surface area contributed by atoms with E-state index in [1.807, 2.05) is 27.7 Å². The summed E-state index contributed by atoms with van der Waals surface area (Å²) in [6, 6.07) is 0. The van der Waals surface area contributed by atoms with E-state index in [9.17, 15) is 4.79 Å². The fraction of sp³-hybridized carbons (Fsp3) is 0.800. The summed E-state index contributed by atoms with van der Waals surface area (Å²) >= 11 is 0. The minimum absolute atomic E-state index is 0.118. The van der Waals surface area contributed by atoms with Crippen molar-refractivity contribution in [3.63, 3.8) is 0 Å². The zero-order valence-corrected chi connectivity index (χ0v) is 13.1. The lowest BCUT2D eigenvalue weighted by atomic mass is 10.1. The van der Waals surface area contributed by atoms with Crippen molar-refractivity contribution < 1.29 is 19.0 Å². The quantitative estimate of drug-likeness (QED) is 0.478. The van der Waals surface area contributed by atoms with Crippen LogP contribution in [0.5, 0.6) is 0 Å². The lowest BCUT2D eigenvalue weighted by Crippen LogP contribution is -2.37. The maximum absolute atomic E-state index is 11.4. The van der Waals surface area contributed by atoms with Crippen molar-refractivity contribution in [2.24, 2.45) is 0 Å². The Labute approximate surface area is 117 Å². The highest BCUT2D eigenvalue weighted by atomic mass is 16.6. The Morgan fingerprint density at radius 3 is 2.26 bits per heavy atom.